The normalized spacial score (nSPS) is 18.0. The molecule has 2 N–H and O–H groups in total. The predicted molar refractivity (Wildman–Crippen MR) is 76.6 cm³/mol. The molecule has 1 fully saturated rings. The lowest BCUT2D eigenvalue weighted by Gasteiger charge is -2.13. The van der Waals surface area contributed by atoms with Gasteiger partial charge in [-0.3, -0.25) is 0 Å². The lowest BCUT2D eigenvalue weighted by Crippen LogP contribution is -2.30. The van der Waals surface area contributed by atoms with Gasteiger partial charge in [0.1, 0.15) is 0 Å². The third-order valence-corrected chi connectivity index (χ3v) is 3.65. The van der Waals surface area contributed by atoms with Gasteiger partial charge in [0.2, 0.25) is 0 Å². The Hall–Kier alpha value is -1.83. The van der Waals surface area contributed by atoms with Gasteiger partial charge in [0.15, 0.2) is 5.82 Å². The molecular formula is C15H18F4N2O2. The van der Waals surface area contributed by atoms with Crippen molar-refractivity contribution in [2.45, 2.75) is 25.4 Å². The summed E-state index contributed by atoms with van der Waals surface area (Å²) in [6.45, 7) is 1.85. The highest BCUT2D eigenvalue weighted by atomic mass is 19.4. The molecule has 1 saturated heterocycles. The van der Waals surface area contributed by atoms with Crippen molar-refractivity contribution in [2.75, 3.05) is 25.1 Å². The summed E-state index contributed by atoms with van der Waals surface area (Å²) in [5, 5.41) is 4.60. The van der Waals surface area contributed by atoms with Crippen molar-refractivity contribution in [2.24, 2.45) is 5.92 Å². The van der Waals surface area contributed by atoms with Crippen LogP contribution < -0.4 is 10.6 Å². The summed E-state index contributed by atoms with van der Waals surface area (Å²) in [5.41, 5.74) is -1.90. The van der Waals surface area contributed by atoms with Gasteiger partial charge < -0.3 is 15.4 Å². The molecule has 8 heteroatoms. The first-order valence-corrected chi connectivity index (χ1v) is 7.36. The Kier molecular flexibility index (Phi) is 5.81. The number of halogens is 4. The highest BCUT2D eigenvalue weighted by Gasteiger charge is 2.35. The molecule has 0 radical (unpaired) electrons. The maximum absolute atomic E-state index is 13.7. The van der Waals surface area contributed by atoms with E-state index in [1.54, 1.807) is 0 Å². The van der Waals surface area contributed by atoms with Crippen LogP contribution in [0.15, 0.2) is 18.2 Å². The molecule has 4 nitrogen and oxygen atoms in total. The molecular weight excluding hydrogens is 316 g/mol. The Balaban J connectivity index is 1.80. The number of ether oxygens (including phenoxy) is 1. The standard InChI is InChI=1S/C15H18F4N2O2/c16-13-11(15(17,18)19)4-1-5-12(13)21-14(22)20-7-2-3-10-6-8-23-9-10/h1,4-5,10H,2-3,6-9H2,(H2,20,21,22). The van der Waals surface area contributed by atoms with Gasteiger partial charge in [0.25, 0.3) is 0 Å². The molecule has 0 aromatic heterocycles. The molecule has 2 rings (SSSR count). The van der Waals surface area contributed by atoms with Crippen LogP contribution in [0.25, 0.3) is 0 Å². The molecule has 1 atom stereocenters. The Labute approximate surface area is 131 Å². The molecule has 1 aromatic carbocycles. The zero-order valence-electron chi connectivity index (χ0n) is 12.4. The van der Waals surface area contributed by atoms with Crippen molar-refractivity contribution in [3.63, 3.8) is 0 Å². The van der Waals surface area contributed by atoms with Gasteiger partial charge in [-0.25, -0.2) is 9.18 Å². The highest BCUT2D eigenvalue weighted by Crippen LogP contribution is 2.33. The van der Waals surface area contributed by atoms with E-state index in [1.165, 1.54) is 0 Å². The third-order valence-electron chi connectivity index (χ3n) is 3.65. The summed E-state index contributed by atoms with van der Waals surface area (Å²) in [6.07, 6.45) is -2.17. The van der Waals surface area contributed by atoms with Gasteiger partial charge >= 0.3 is 12.2 Å². The summed E-state index contributed by atoms with van der Waals surface area (Å²) >= 11 is 0. The number of carbonyl (C=O) groups excluding carboxylic acids is 1. The van der Waals surface area contributed by atoms with Crippen LogP contribution in [-0.4, -0.2) is 25.8 Å². The van der Waals surface area contributed by atoms with Crippen LogP contribution in [0.5, 0.6) is 0 Å². The largest absolute Gasteiger partial charge is 0.419 e. The monoisotopic (exact) mass is 334 g/mol. The average molecular weight is 334 g/mol. The van der Waals surface area contributed by atoms with Crippen LogP contribution in [-0.2, 0) is 10.9 Å². The Morgan fingerprint density at radius 3 is 2.78 bits per heavy atom. The summed E-state index contributed by atoms with van der Waals surface area (Å²) in [6, 6.07) is 2.02. The highest BCUT2D eigenvalue weighted by molar-refractivity contribution is 5.89. The summed E-state index contributed by atoms with van der Waals surface area (Å²) in [7, 11) is 0. The molecule has 0 saturated carbocycles. The van der Waals surface area contributed by atoms with Crippen molar-refractivity contribution >= 4 is 11.7 Å². The third kappa shape index (κ3) is 5.09. The summed E-state index contributed by atoms with van der Waals surface area (Å²) < 4.78 is 56.7. The van der Waals surface area contributed by atoms with E-state index in [-0.39, 0.29) is 0 Å². The van der Waals surface area contributed by atoms with Gasteiger partial charge in [0.05, 0.1) is 11.3 Å². The van der Waals surface area contributed by atoms with E-state index in [2.05, 4.69) is 10.6 Å². The van der Waals surface area contributed by atoms with Gasteiger partial charge in [-0.05, 0) is 37.3 Å². The minimum absolute atomic E-state index is 0.364. The maximum Gasteiger partial charge on any atom is 0.419 e. The number of alkyl halides is 3. The number of rotatable bonds is 5. The van der Waals surface area contributed by atoms with Gasteiger partial charge in [-0.15, -0.1) is 0 Å². The minimum atomic E-state index is -4.80. The van der Waals surface area contributed by atoms with E-state index in [0.717, 1.165) is 44.6 Å². The number of amides is 2. The van der Waals surface area contributed by atoms with Crippen molar-refractivity contribution in [3.05, 3.63) is 29.6 Å². The first-order chi connectivity index (χ1) is 10.9. The fourth-order valence-corrected chi connectivity index (χ4v) is 2.42. The summed E-state index contributed by atoms with van der Waals surface area (Å²) in [5.74, 6) is -1.00. The maximum atomic E-state index is 13.7. The lowest BCUT2D eigenvalue weighted by atomic mass is 10.0. The SMILES string of the molecule is O=C(NCCCC1CCOC1)Nc1cccc(C(F)(F)F)c1F. The Morgan fingerprint density at radius 1 is 1.35 bits per heavy atom. The first kappa shape index (κ1) is 17.5. The van der Waals surface area contributed by atoms with Crippen LogP contribution >= 0.6 is 0 Å². The second-order valence-electron chi connectivity index (χ2n) is 5.42. The second-order valence-corrected chi connectivity index (χ2v) is 5.42. The number of hydrogen-bond donors (Lipinski definition) is 2. The minimum Gasteiger partial charge on any atom is -0.381 e. The number of nitrogens with one attached hydrogen (secondary N) is 2. The zero-order valence-corrected chi connectivity index (χ0v) is 12.4. The number of anilines is 1. The van der Waals surface area contributed by atoms with E-state index < -0.39 is 29.3 Å². The van der Waals surface area contributed by atoms with Crippen LogP contribution in [0.2, 0.25) is 0 Å². The molecule has 1 heterocycles. The number of hydrogen-bond acceptors (Lipinski definition) is 2. The predicted octanol–water partition coefficient (Wildman–Crippen LogP) is 3.78. The smallest absolute Gasteiger partial charge is 0.381 e. The fourth-order valence-electron chi connectivity index (χ4n) is 2.42. The van der Waals surface area contributed by atoms with Gasteiger partial charge in [-0.1, -0.05) is 6.07 Å². The Morgan fingerprint density at radius 2 is 2.13 bits per heavy atom. The summed E-state index contributed by atoms with van der Waals surface area (Å²) in [4.78, 5) is 11.6. The van der Waals surface area contributed by atoms with Crippen molar-refractivity contribution in [1.82, 2.24) is 5.32 Å². The van der Waals surface area contributed by atoms with E-state index in [4.69, 9.17) is 4.74 Å². The molecule has 23 heavy (non-hydrogen) atoms. The fraction of sp³-hybridized carbons (Fsp3) is 0.533. The average Bonchev–Trinajstić information content (AvgIpc) is 2.98. The van der Waals surface area contributed by atoms with Crippen molar-refractivity contribution in [3.8, 4) is 0 Å². The van der Waals surface area contributed by atoms with E-state index in [9.17, 15) is 22.4 Å². The van der Waals surface area contributed by atoms with Crippen LogP contribution in [0, 0.1) is 11.7 Å². The van der Waals surface area contributed by atoms with E-state index in [0.29, 0.717) is 18.5 Å². The molecule has 1 aromatic rings. The van der Waals surface area contributed by atoms with E-state index in [1.807, 2.05) is 0 Å². The molecule has 0 aliphatic carbocycles. The molecule has 128 valence electrons. The number of benzene rings is 1. The Bertz CT molecular complexity index is 543. The van der Waals surface area contributed by atoms with E-state index >= 15 is 0 Å². The first-order valence-electron chi connectivity index (χ1n) is 7.36. The van der Waals surface area contributed by atoms with Crippen LogP contribution in [0.3, 0.4) is 0 Å². The van der Waals surface area contributed by atoms with Gasteiger partial charge in [0, 0.05) is 19.8 Å². The van der Waals surface area contributed by atoms with Crippen LogP contribution in [0.4, 0.5) is 28.0 Å². The van der Waals surface area contributed by atoms with Gasteiger partial charge in [-0.2, -0.15) is 13.2 Å². The second kappa shape index (κ2) is 7.63. The molecule has 1 aliphatic rings. The number of carbonyl (C=O) groups is 1. The zero-order chi connectivity index (χ0) is 16.9. The van der Waals surface area contributed by atoms with Crippen molar-refractivity contribution < 1.29 is 27.1 Å². The topological polar surface area (TPSA) is 50.4 Å². The van der Waals surface area contributed by atoms with Crippen LogP contribution in [0.1, 0.15) is 24.8 Å². The molecule has 2 amide bonds. The molecule has 0 bridgehead atoms. The number of urea groups is 1. The molecule has 1 aliphatic heterocycles. The quantitative estimate of drug-likeness (QED) is 0.636. The molecule has 1 unspecified atom stereocenters. The molecule has 0 spiro atoms. The van der Waals surface area contributed by atoms with Crippen molar-refractivity contribution in [1.29, 1.82) is 0 Å². The lowest BCUT2D eigenvalue weighted by molar-refractivity contribution is -0.139.